The van der Waals surface area contributed by atoms with Crippen molar-refractivity contribution < 1.29 is 9.53 Å². The molecule has 4 rings (SSSR count). The molecule has 1 saturated heterocycles. The maximum absolute atomic E-state index is 12.5. The Morgan fingerprint density at radius 3 is 2.58 bits per heavy atom. The molecule has 0 aliphatic carbocycles. The molecule has 0 unspecified atom stereocenters. The number of ketones is 1. The number of benzene rings is 2. The number of imidazole rings is 1. The van der Waals surface area contributed by atoms with Gasteiger partial charge in [0.2, 0.25) is 0 Å². The summed E-state index contributed by atoms with van der Waals surface area (Å²) in [5, 5.41) is 0. The van der Waals surface area contributed by atoms with Crippen molar-refractivity contribution in [1.82, 2.24) is 14.9 Å². The van der Waals surface area contributed by atoms with Gasteiger partial charge in [-0.2, -0.15) is 0 Å². The second-order valence-corrected chi connectivity index (χ2v) is 6.84. The van der Waals surface area contributed by atoms with E-state index in [1.54, 1.807) is 7.11 Å². The van der Waals surface area contributed by atoms with Gasteiger partial charge in [-0.25, -0.2) is 4.98 Å². The molecular formula is C21H23N3O2. The molecule has 26 heavy (non-hydrogen) atoms. The first-order valence-electron chi connectivity index (χ1n) is 9.07. The lowest BCUT2D eigenvalue weighted by Gasteiger charge is -2.30. The average Bonchev–Trinajstić information content (AvgIpc) is 3.13. The molecule has 1 aliphatic rings. The number of methoxy groups -OCH3 is 1. The van der Waals surface area contributed by atoms with E-state index in [0.717, 1.165) is 54.1 Å². The molecule has 1 N–H and O–H groups in total. The number of aromatic nitrogens is 2. The summed E-state index contributed by atoms with van der Waals surface area (Å²) >= 11 is 0. The number of likely N-dealkylation sites (tertiary alicyclic amines) is 1. The van der Waals surface area contributed by atoms with E-state index in [0.29, 0.717) is 12.5 Å². The summed E-state index contributed by atoms with van der Waals surface area (Å²) < 4.78 is 5.14. The minimum atomic E-state index is 0.162. The van der Waals surface area contributed by atoms with Crippen LogP contribution in [0.2, 0.25) is 0 Å². The molecule has 1 aliphatic heterocycles. The fraction of sp³-hybridized carbons (Fsp3) is 0.333. The Bertz CT molecular complexity index is 860. The summed E-state index contributed by atoms with van der Waals surface area (Å²) in [4.78, 5) is 22.9. The number of ether oxygens (including phenoxy) is 1. The van der Waals surface area contributed by atoms with E-state index in [4.69, 9.17) is 9.72 Å². The van der Waals surface area contributed by atoms with Crippen LogP contribution in [0, 0.1) is 0 Å². The molecule has 0 amide bonds. The third-order valence-corrected chi connectivity index (χ3v) is 5.16. The van der Waals surface area contributed by atoms with E-state index in [2.05, 4.69) is 16.0 Å². The predicted molar refractivity (Wildman–Crippen MR) is 102 cm³/mol. The number of aromatic amines is 1. The van der Waals surface area contributed by atoms with E-state index in [9.17, 15) is 4.79 Å². The largest absolute Gasteiger partial charge is 0.497 e. The predicted octanol–water partition coefficient (Wildman–Crippen LogP) is 3.63. The van der Waals surface area contributed by atoms with Gasteiger partial charge < -0.3 is 9.72 Å². The fourth-order valence-electron chi connectivity index (χ4n) is 3.60. The van der Waals surface area contributed by atoms with Gasteiger partial charge in [0.1, 0.15) is 11.6 Å². The molecule has 0 bridgehead atoms. The van der Waals surface area contributed by atoms with Gasteiger partial charge in [-0.15, -0.1) is 0 Å². The number of H-pyrrole nitrogens is 1. The minimum Gasteiger partial charge on any atom is -0.497 e. The van der Waals surface area contributed by atoms with Crippen LogP contribution in [0.1, 0.15) is 34.9 Å². The summed E-state index contributed by atoms with van der Waals surface area (Å²) in [6, 6.07) is 15.5. The fourth-order valence-corrected chi connectivity index (χ4v) is 3.60. The summed E-state index contributed by atoms with van der Waals surface area (Å²) in [5.41, 5.74) is 2.87. The highest BCUT2D eigenvalue weighted by molar-refractivity contribution is 5.97. The van der Waals surface area contributed by atoms with Crippen molar-refractivity contribution in [1.29, 1.82) is 0 Å². The number of hydrogen-bond acceptors (Lipinski definition) is 4. The number of Topliss-reactive ketones (excluding diaryl/α,β-unsaturated/α-hetero) is 1. The van der Waals surface area contributed by atoms with E-state index in [1.807, 2.05) is 42.5 Å². The number of carbonyl (C=O) groups excluding carboxylic acids is 1. The lowest BCUT2D eigenvalue weighted by molar-refractivity contribution is 0.0908. The summed E-state index contributed by atoms with van der Waals surface area (Å²) in [7, 11) is 1.63. The maximum Gasteiger partial charge on any atom is 0.176 e. The zero-order valence-corrected chi connectivity index (χ0v) is 14.9. The minimum absolute atomic E-state index is 0.162. The third kappa shape index (κ3) is 3.48. The van der Waals surface area contributed by atoms with Crippen LogP contribution < -0.4 is 4.74 Å². The third-order valence-electron chi connectivity index (χ3n) is 5.16. The number of nitrogens with zero attached hydrogens (tertiary/aromatic N) is 2. The van der Waals surface area contributed by atoms with Crippen LogP contribution in [0.25, 0.3) is 11.0 Å². The molecule has 5 heteroatoms. The molecule has 134 valence electrons. The van der Waals surface area contributed by atoms with Gasteiger partial charge in [-0.3, -0.25) is 9.69 Å². The number of fused-ring (bicyclic) bond motifs is 1. The van der Waals surface area contributed by atoms with Crippen LogP contribution in [0.15, 0.2) is 48.5 Å². The molecule has 2 aromatic carbocycles. The topological polar surface area (TPSA) is 58.2 Å². The SMILES string of the molecule is COc1ccc(C(=O)CN2CCC(c3nc4ccccc4[nH]3)CC2)cc1. The second-order valence-electron chi connectivity index (χ2n) is 6.84. The van der Waals surface area contributed by atoms with E-state index in [-0.39, 0.29) is 5.78 Å². The van der Waals surface area contributed by atoms with Crippen LogP contribution in [0.5, 0.6) is 5.75 Å². The number of para-hydroxylation sites is 2. The molecule has 2 heterocycles. The lowest BCUT2D eigenvalue weighted by atomic mass is 9.95. The van der Waals surface area contributed by atoms with Crippen LogP contribution in [0.4, 0.5) is 0 Å². The van der Waals surface area contributed by atoms with Crippen molar-refractivity contribution in [2.24, 2.45) is 0 Å². The van der Waals surface area contributed by atoms with Crippen molar-refractivity contribution in [3.63, 3.8) is 0 Å². The number of hydrogen-bond donors (Lipinski definition) is 1. The van der Waals surface area contributed by atoms with Crippen LogP contribution >= 0.6 is 0 Å². The zero-order valence-electron chi connectivity index (χ0n) is 14.9. The second kappa shape index (κ2) is 7.30. The van der Waals surface area contributed by atoms with Gasteiger partial charge in [0.15, 0.2) is 5.78 Å². The highest BCUT2D eigenvalue weighted by atomic mass is 16.5. The van der Waals surface area contributed by atoms with Gasteiger partial charge in [0, 0.05) is 11.5 Å². The van der Waals surface area contributed by atoms with Crippen LogP contribution in [0.3, 0.4) is 0 Å². The summed E-state index contributed by atoms with van der Waals surface area (Å²) in [6.07, 6.45) is 2.05. The van der Waals surface area contributed by atoms with Gasteiger partial charge in [-0.05, 0) is 62.3 Å². The zero-order chi connectivity index (χ0) is 17.9. The Morgan fingerprint density at radius 1 is 1.15 bits per heavy atom. The molecular weight excluding hydrogens is 326 g/mol. The van der Waals surface area contributed by atoms with Crippen molar-refractivity contribution in [2.45, 2.75) is 18.8 Å². The van der Waals surface area contributed by atoms with Crippen LogP contribution in [-0.4, -0.2) is 47.4 Å². The van der Waals surface area contributed by atoms with Gasteiger partial charge >= 0.3 is 0 Å². The first-order chi connectivity index (χ1) is 12.7. The smallest absolute Gasteiger partial charge is 0.176 e. The van der Waals surface area contributed by atoms with Crippen molar-refractivity contribution in [3.05, 3.63) is 59.9 Å². The van der Waals surface area contributed by atoms with Crippen molar-refractivity contribution in [3.8, 4) is 5.75 Å². The number of nitrogens with one attached hydrogen (secondary N) is 1. The maximum atomic E-state index is 12.5. The number of rotatable bonds is 5. The molecule has 3 aromatic rings. The lowest BCUT2D eigenvalue weighted by Crippen LogP contribution is -2.37. The average molecular weight is 349 g/mol. The van der Waals surface area contributed by atoms with E-state index >= 15 is 0 Å². The van der Waals surface area contributed by atoms with Crippen molar-refractivity contribution in [2.75, 3.05) is 26.7 Å². The first-order valence-corrected chi connectivity index (χ1v) is 9.07. The highest BCUT2D eigenvalue weighted by Crippen LogP contribution is 2.27. The highest BCUT2D eigenvalue weighted by Gasteiger charge is 2.24. The molecule has 5 nitrogen and oxygen atoms in total. The monoisotopic (exact) mass is 349 g/mol. The number of piperidine rings is 1. The molecule has 0 radical (unpaired) electrons. The first kappa shape index (κ1) is 16.8. The standard InChI is InChI=1S/C21H23N3O2/c1-26-17-8-6-15(7-9-17)20(25)14-24-12-10-16(11-13-24)21-22-18-4-2-3-5-19(18)23-21/h2-9,16H,10-14H2,1H3,(H,22,23). The number of carbonyl (C=O) groups is 1. The molecule has 0 saturated carbocycles. The molecule has 1 fully saturated rings. The van der Waals surface area contributed by atoms with Crippen LogP contribution in [-0.2, 0) is 0 Å². The molecule has 1 aromatic heterocycles. The summed E-state index contributed by atoms with van der Waals surface area (Å²) in [5.74, 6) is 2.45. The van der Waals surface area contributed by atoms with E-state index < -0.39 is 0 Å². The summed E-state index contributed by atoms with van der Waals surface area (Å²) in [6.45, 7) is 2.31. The quantitative estimate of drug-likeness (QED) is 0.715. The Hall–Kier alpha value is -2.66. The molecule has 0 atom stereocenters. The Morgan fingerprint density at radius 2 is 1.88 bits per heavy atom. The Balaban J connectivity index is 1.34. The molecule has 0 spiro atoms. The van der Waals surface area contributed by atoms with Crippen molar-refractivity contribution >= 4 is 16.8 Å². The van der Waals surface area contributed by atoms with Gasteiger partial charge in [-0.1, -0.05) is 12.1 Å². The Labute approximate surface area is 153 Å². The normalized spacial score (nSPS) is 16.0. The van der Waals surface area contributed by atoms with Gasteiger partial charge in [0.25, 0.3) is 0 Å². The van der Waals surface area contributed by atoms with Gasteiger partial charge in [0.05, 0.1) is 24.7 Å². The Kier molecular flexibility index (Phi) is 4.71. The van der Waals surface area contributed by atoms with E-state index in [1.165, 1.54) is 0 Å².